The van der Waals surface area contributed by atoms with Crippen LogP contribution in [-0.4, -0.2) is 40.5 Å². The molecule has 0 unspecified atom stereocenters. The van der Waals surface area contributed by atoms with Crippen molar-refractivity contribution < 1.29 is 23.2 Å². The van der Waals surface area contributed by atoms with Gasteiger partial charge in [0.2, 0.25) is 5.69 Å². The first-order chi connectivity index (χ1) is 9.71. The summed E-state index contributed by atoms with van der Waals surface area (Å²) in [6, 6.07) is 5.67. The fraction of sp³-hybridized carbons (Fsp3) is 0.0909. The lowest BCUT2D eigenvalue weighted by molar-refractivity contribution is -0.385. The van der Waals surface area contributed by atoms with Crippen LogP contribution in [0.5, 0.6) is 0 Å². The second kappa shape index (κ2) is 4.98. The van der Waals surface area contributed by atoms with Gasteiger partial charge in [-0.3, -0.25) is 10.1 Å². The molecule has 1 heterocycles. The SMILES string of the molecule is CS(=O)(=O)c1ccccc1-n1cc([N+](=O)[O-])c(C(=O)O)n1. The molecule has 110 valence electrons. The predicted molar refractivity (Wildman–Crippen MR) is 70.3 cm³/mol. The van der Waals surface area contributed by atoms with Crippen LogP contribution in [0.2, 0.25) is 0 Å². The molecule has 0 aliphatic rings. The van der Waals surface area contributed by atoms with Gasteiger partial charge in [-0.05, 0) is 12.1 Å². The van der Waals surface area contributed by atoms with Crippen molar-refractivity contribution in [2.75, 3.05) is 6.26 Å². The van der Waals surface area contributed by atoms with Gasteiger partial charge in [0, 0.05) is 6.26 Å². The zero-order valence-electron chi connectivity index (χ0n) is 10.6. The van der Waals surface area contributed by atoms with Crippen molar-refractivity contribution in [3.05, 3.63) is 46.3 Å². The highest BCUT2D eigenvalue weighted by Gasteiger charge is 2.27. The number of aromatic carboxylic acids is 1. The molecule has 9 nitrogen and oxygen atoms in total. The van der Waals surface area contributed by atoms with Gasteiger partial charge in [0.1, 0.15) is 6.20 Å². The summed E-state index contributed by atoms with van der Waals surface area (Å²) in [5, 5.41) is 23.3. The fourth-order valence-electron chi connectivity index (χ4n) is 1.73. The Bertz CT molecular complexity index is 808. The molecule has 1 aromatic carbocycles. The first-order valence-electron chi connectivity index (χ1n) is 5.48. The van der Waals surface area contributed by atoms with Gasteiger partial charge in [0.15, 0.2) is 9.84 Å². The molecule has 0 aliphatic carbocycles. The van der Waals surface area contributed by atoms with Crippen LogP contribution in [0.3, 0.4) is 0 Å². The molecule has 0 bridgehead atoms. The minimum absolute atomic E-state index is 0.0376. The summed E-state index contributed by atoms with van der Waals surface area (Å²) < 4.78 is 24.3. The maximum Gasteiger partial charge on any atom is 0.363 e. The molecule has 1 N–H and O–H groups in total. The number of aromatic nitrogens is 2. The Morgan fingerprint density at radius 2 is 2.00 bits per heavy atom. The van der Waals surface area contributed by atoms with Crippen LogP contribution in [0.25, 0.3) is 5.69 Å². The number of benzene rings is 1. The van der Waals surface area contributed by atoms with E-state index < -0.39 is 32.1 Å². The summed E-state index contributed by atoms with van der Waals surface area (Å²) in [4.78, 5) is 20.8. The molecule has 0 fully saturated rings. The Kier molecular flexibility index (Phi) is 3.47. The summed E-state index contributed by atoms with van der Waals surface area (Å²) in [7, 11) is -3.60. The average molecular weight is 311 g/mol. The highest BCUT2D eigenvalue weighted by atomic mass is 32.2. The van der Waals surface area contributed by atoms with Crippen molar-refractivity contribution in [1.29, 1.82) is 0 Å². The smallest absolute Gasteiger partial charge is 0.363 e. The number of carboxylic acids is 1. The number of para-hydroxylation sites is 1. The Balaban J connectivity index is 2.72. The van der Waals surface area contributed by atoms with Gasteiger partial charge in [-0.15, -0.1) is 0 Å². The Morgan fingerprint density at radius 1 is 1.38 bits per heavy atom. The third-order valence-corrected chi connectivity index (χ3v) is 3.75. The number of carbonyl (C=O) groups is 1. The van der Waals surface area contributed by atoms with Gasteiger partial charge in [-0.25, -0.2) is 17.9 Å². The van der Waals surface area contributed by atoms with E-state index in [-0.39, 0.29) is 10.6 Å². The normalized spacial score (nSPS) is 11.3. The molecule has 2 aromatic rings. The highest BCUT2D eigenvalue weighted by Crippen LogP contribution is 2.24. The quantitative estimate of drug-likeness (QED) is 0.654. The van der Waals surface area contributed by atoms with E-state index in [1.807, 2.05) is 0 Å². The number of carboxylic acid groups (broad SMARTS) is 1. The zero-order chi connectivity index (χ0) is 15.8. The fourth-order valence-corrected chi connectivity index (χ4v) is 2.60. The second-order valence-electron chi connectivity index (χ2n) is 4.11. The van der Waals surface area contributed by atoms with E-state index in [1.165, 1.54) is 24.3 Å². The van der Waals surface area contributed by atoms with E-state index in [0.717, 1.165) is 17.1 Å². The van der Waals surface area contributed by atoms with Gasteiger partial charge < -0.3 is 5.11 Å². The molecule has 10 heteroatoms. The molecule has 0 amide bonds. The molecule has 21 heavy (non-hydrogen) atoms. The van der Waals surface area contributed by atoms with Crippen LogP contribution < -0.4 is 0 Å². The lowest BCUT2D eigenvalue weighted by Crippen LogP contribution is -2.07. The van der Waals surface area contributed by atoms with Crippen molar-refractivity contribution in [1.82, 2.24) is 9.78 Å². The third kappa shape index (κ3) is 2.74. The van der Waals surface area contributed by atoms with Crippen LogP contribution in [0, 0.1) is 10.1 Å². The maximum absolute atomic E-state index is 11.7. The van der Waals surface area contributed by atoms with E-state index in [2.05, 4.69) is 5.10 Å². The van der Waals surface area contributed by atoms with Gasteiger partial charge in [0.25, 0.3) is 0 Å². The van der Waals surface area contributed by atoms with Crippen LogP contribution in [0.1, 0.15) is 10.5 Å². The minimum atomic E-state index is -3.60. The summed E-state index contributed by atoms with van der Waals surface area (Å²) in [6.07, 6.45) is 1.84. The van der Waals surface area contributed by atoms with Gasteiger partial charge in [-0.2, -0.15) is 5.10 Å². The van der Waals surface area contributed by atoms with Gasteiger partial charge in [0.05, 0.1) is 15.5 Å². The first-order valence-corrected chi connectivity index (χ1v) is 7.38. The molecule has 0 saturated heterocycles. The van der Waals surface area contributed by atoms with Crippen LogP contribution in [-0.2, 0) is 9.84 Å². The molecule has 0 saturated carbocycles. The van der Waals surface area contributed by atoms with E-state index in [0.29, 0.717) is 0 Å². The summed E-state index contributed by atoms with van der Waals surface area (Å²) in [5.41, 5.74) is -1.44. The van der Waals surface area contributed by atoms with Crippen LogP contribution in [0.4, 0.5) is 5.69 Å². The molecule has 2 rings (SSSR count). The maximum atomic E-state index is 11.7. The van der Waals surface area contributed by atoms with E-state index in [1.54, 1.807) is 0 Å². The van der Waals surface area contributed by atoms with E-state index in [9.17, 15) is 23.3 Å². The standard InChI is InChI=1S/C11H9N3O6S/c1-21(19,20)9-5-3-2-4-7(9)13-6-8(14(17)18)10(12-13)11(15)16/h2-6H,1H3,(H,15,16). The minimum Gasteiger partial charge on any atom is -0.476 e. The molecule has 0 aliphatic heterocycles. The molecule has 0 radical (unpaired) electrons. The Labute approximate surface area is 118 Å². The van der Waals surface area contributed by atoms with Crippen molar-refractivity contribution >= 4 is 21.5 Å². The zero-order valence-corrected chi connectivity index (χ0v) is 11.4. The van der Waals surface area contributed by atoms with Crippen molar-refractivity contribution in [2.24, 2.45) is 0 Å². The van der Waals surface area contributed by atoms with Crippen molar-refractivity contribution in [2.45, 2.75) is 4.90 Å². The Hall–Kier alpha value is -2.75. The summed E-state index contributed by atoms with van der Waals surface area (Å²) >= 11 is 0. The lowest BCUT2D eigenvalue weighted by atomic mass is 10.3. The molecule has 0 atom stereocenters. The highest BCUT2D eigenvalue weighted by molar-refractivity contribution is 7.90. The number of hydrogen-bond acceptors (Lipinski definition) is 6. The molecule has 1 aromatic heterocycles. The van der Waals surface area contributed by atoms with E-state index in [4.69, 9.17) is 5.11 Å². The number of nitro groups is 1. The van der Waals surface area contributed by atoms with Gasteiger partial charge >= 0.3 is 11.7 Å². The number of rotatable bonds is 4. The van der Waals surface area contributed by atoms with Crippen LogP contribution in [0.15, 0.2) is 35.4 Å². The molecular formula is C11H9N3O6S. The monoisotopic (exact) mass is 311 g/mol. The second-order valence-corrected chi connectivity index (χ2v) is 6.09. The first kappa shape index (κ1) is 14.7. The van der Waals surface area contributed by atoms with Crippen molar-refractivity contribution in [3.8, 4) is 5.69 Å². The summed E-state index contributed by atoms with van der Waals surface area (Å²) in [6.45, 7) is 0. The third-order valence-electron chi connectivity index (χ3n) is 2.61. The molecule has 0 spiro atoms. The predicted octanol–water partition coefficient (Wildman–Crippen LogP) is 0.882. The Morgan fingerprint density at radius 3 is 2.48 bits per heavy atom. The number of hydrogen-bond donors (Lipinski definition) is 1. The van der Waals surface area contributed by atoms with Crippen molar-refractivity contribution in [3.63, 3.8) is 0 Å². The van der Waals surface area contributed by atoms with Crippen LogP contribution >= 0.6 is 0 Å². The van der Waals surface area contributed by atoms with E-state index >= 15 is 0 Å². The largest absolute Gasteiger partial charge is 0.476 e. The number of nitrogens with zero attached hydrogens (tertiary/aromatic N) is 3. The topological polar surface area (TPSA) is 132 Å². The lowest BCUT2D eigenvalue weighted by Gasteiger charge is -2.06. The average Bonchev–Trinajstić information content (AvgIpc) is 2.83. The van der Waals surface area contributed by atoms with Gasteiger partial charge in [-0.1, -0.05) is 12.1 Å². The molecular weight excluding hydrogens is 302 g/mol. The number of sulfone groups is 1. The summed E-state index contributed by atoms with van der Waals surface area (Å²) in [5.74, 6) is -1.57.